The summed E-state index contributed by atoms with van der Waals surface area (Å²) in [5.74, 6) is 0.0419. The van der Waals surface area contributed by atoms with Crippen LogP contribution in [-0.2, 0) is 16.2 Å². The van der Waals surface area contributed by atoms with Gasteiger partial charge in [-0.2, -0.15) is 13.2 Å². The van der Waals surface area contributed by atoms with Gasteiger partial charge in [-0.05, 0) is 42.5 Å². The van der Waals surface area contributed by atoms with E-state index in [2.05, 4.69) is 0 Å². The van der Waals surface area contributed by atoms with Gasteiger partial charge in [0.1, 0.15) is 22.6 Å². The van der Waals surface area contributed by atoms with Crippen molar-refractivity contribution in [2.75, 3.05) is 18.0 Å². The Morgan fingerprint density at radius 2 is 1.78 bits per heavy atom. The van der Waals surface area contributed by atoms with Gasteiger partial charge in [0.05, 0.1) is 17.8 Å². The predicted molar refractivity (Wildman–Crippen MR) is 90.5 cm³/mol. The molecule has 0 aliphatic carbocycles. The third kappa shape index (κ3) is 4.51. The number of halogens is 4. The number of rotatable bonds is 4. The van der Waals surface area contributed by atoms with Gasteiger partial charge in [0.2, 0.25) is 10.0 Å². The number of hydrogen-bond acceptors (Lipinski definition) is 4. The van der Waals surface area contributed by atoms with E-state index in [0.29, 0.717) is 24.8 Å². The van der Waals surface area contributed by atoms with E-state index in [-0.39, 0.29) is 18.3 Å². The van der Waals surface area contributed by atoms with Gasteiger partial charge >= 0.3 is 6.18 Å². The Balaban J connectivity index is 1.83. The molecule has 0 saturated carbocycles. The number of ether oxygens (including phenoxy) is 1. The zero-order valence-electron chi connectivity index (χ0n) is 13.9. The topological polar surface area (TPSA) is 72.6 Å². The largest absolute Gasteiger partial charge is 0.489 e. The first kappa shape index (κ1) is 19.4. The van der Waals surface area contributed by atoms with Crippen molar-refractivity contribution in [3.8, 4) is 5.75 Å². The Kier molecular flexibility index (Phi) is 5.04. The van der Waals surface area contributed by atoms with Crippen molar-refractivity contribution in [2.45, 2.75) is 23.6 Å². The SMILES string of the molecule is NS(=O)(=O)c1cc(C(F)(F)F)ccc1N1CC[C@H](Oc2ccc(F)cc2)C1. The summed E-state index contributed by atoms with van der Waals surface area (Å²) < 4.78 is 81.0. The van der Waals surface area contributed by atoms with Crippen LogP contribution in [0.4, 0.5) is 23.2 Å². The van der Waals surface area contributed by atoms with Gasteiger partial charge < -0.3 is 9.64 Å². The van der Waals surface area contributed by atoms with Crippen molar-refractivity contribution in [1.82, 2.24) is 0 Å². The normalized spacial score (nSPS) is 18.0. The third-order valence-electron chi connectivity index (χ3n) is 4.20. The molecule has 1 aliphatic rings. The molecule has 27 heavy (non-hydrogen) atoms. The van der Waals surface area contributed by atoms with E-state index >= 15 is 0 Å². The third-order valence-corrected chi connectivity index (χ3v) is 5.14. The highest BCUT2D eigenvalue weighted by Crippen LogP contribution is 2.35. The van der Waals surface area contributed by atoms with Gasteiger partial charge in [-0.3, -0.25) is 0 Å². The van der Waals surface area contributed by atoms with Gasteiger partial charge in [0.25, 0.3) is 0 Å². The second-order valence-electron chi connectivity index (χ2n) is 6.15. The van der Waals surface area contributed by atoms with Crippen LogP contribution in [0.2, 0.25) is 0 Å². The van der Waals surface area contributed by atoms with Crippen LogP contribution < -0.4 is 14.8 Å². The minimum absolute atomic E-state index is 0.0932. The van der Waals surface area contributed by atoms with E-state index in [1.807, 2.05) is 0 Å². The molecule has 1 heterocycles. The Labute approximate surface area is 153 Å². The van der Waals surface area contributed by atoms with Crippen molar-refractivity contribution < 1.29 is 30.7 Å². The first-order valence-corrected chi connectivity index (χ1v) is 9.50. The summed E-state index contributed by atoms with van der Waals surface area (Å²) in [6.45, 7) is 0.630. The average molecular weight is 404 g/mol. The van der Waals surface area contributed by atoms with Crippen LogP contribution in [-0.4, -0.2) is 27.6 Å². The molecular formula is C17H16F4N2O3S. The minimum Gasteiger partial charge on any atom is -0.489 e. The van der Waals surface area contributed by atoms with Gasteiger partial charge in [-0.15, -0.1) is 0 Å². The molecule has 1 saturated heterocycles. The predicted octanol–water partition coefficient (Wildman–Crippen LogP) is 3.15. The number of hydrogen-bond donors (Lipinski definition) is 1. The summed E-state index contributed by atoms with van der Waals surface area (Å²) in [4.78, 5) is 1.02. The van der Waals surface area contributed by atoms with Crippen LogP contribution in [0.5, 0.6) is 5.75 Å². The molecule has 1 fully saturated rings. The Bertz CT molecular complexity index is 930. The fourth-order valence-corrected chi connectivity index (χ4v) is 3.71. The van der Waals surface area contributed by atoms with Crippen molar-refractivity contribution in [3.05, 3.63) is 53.8 Å². The maximum atomic E-state index is 12.9. The fraction of sp³-hybridized carbons (Fsp3) is 0.294. The van der Waals surface area contributed by atoms with Gasteiger partial charge in [-0.25, -0.2) is 17.9 Å². The van der Waals surface area contributed by atoms with Gasteiger partial charge in [-0.1, -0.05) is 0 Å². The second-order valence-corrected chi connectivity index (χ2v) is 7.68. The first-order valence-electron chi connectivity index (χ1n) is 7.95. The lowest BCUT2D eigenvalue weighted by atomic mass is 10.2. The quantitative estimate of drug-likeness (QED) is 0.795. The highest BCUT2D eigenvalue weighted by Gasteiger charge is 2.34. The second kappa shape index (κ2) is 7.01. The van der Waals surface area contributed by atoms with Crippen LogP contribution in [0.1, 0.15) is 12.0 Å². The minimum atomic E-state index is -4.68. The highest BCUT2D eigenvalue weighted by molar-refractivity contribution is 7.89. The molecule has 10 heteroatoms. The van der Waals surface area contributed by atoms with Crippen molar-refractivity contribution in [2.24, 2.45) is 5.14 Å². The molecule has 3 rings (SSSR count). The molecule has 2 aromatic carbocycles. The molecule has 0 spiro atoms. The number of sulfonamides is 1. The summed E-state index contributed by atoms with van der Waals surface area (Å²) in [5, 5.41) is 5.12. The first-order chi connectivity index (χ1) is 12.5. The lowest BCUT2D eigenvalue weighted by molar-refractivity contribution is -0.137. The number of nitrogens with zero attached hydrogens (tertiary/aromatic N) is 1. The lowest BCUT2D eigenvalue weighted by Crippen LogP contribution is -2.27. The van der Waals surface area contributed by atoms with Gasteiger partial charge in [0.15, 0.2) is 0 Å². The number of primary sulfonamides is 1. The Morgan fingerprint density at radius 1 is 1.11 bits per heavy atom. The van der Waals surface area contributed by atoms with Crippen LogP contribution in [0, 0.1) is 5.82 Å². The molecule has 1 aliphatic heterocycles. The fourth-order valence-electron chi connectivity index (χ4n) is 2.93. The summed E-state index contributed by atoms with van der Waals surface area (Å²) in [6.07, 6.45) is -4.49. The summed E-state index contributed by atoms with van der Waals surface area (Å²) in [7, 11) is -4.36. The Hall–Kier alpha value is -2.33. The smallest absolute Gasteiger partial charge is 0.416 e. The Morgan fingerprint density at radius 3 is 2.37 bits per heavy atom. The van der Waals surface area contributed by atoms with E-state index in [1.165, 1.54) is 24.3 Å². The number of alkyl halides is 3. The van der Waals surface area contributed by atoms with E-state index in [0.717, 1.165) is 12.1 Å². The van der Waals surface area contributed by atoms with Crippen LogP contribution in [0.15, 0.2) is 47.4 Å². The molecule has 1 atom stereocenters. The van der Waals surface area contributed by atoms with E-state index < -0.39 is 32.5 Å². The maximum absolute atomic E-state index is 12.9. The molecule has 0 bridgehead atoms. The zero-order chi connectivity index (χ0) is 19.8. The number of nitrogens with two attached hydrogens (primary N) is 1. The number of anilines is 1. The molecule has 0 unspecified atom stereocenters. The zero-order valence-corrected chi connectivity index (χ0v) is 14.7. The molecule has 0 amide bonds. The van der Waals surface area contributed by atoms with Crippen molar-refractivity contribution in [3.63, 3.8) is 0 Å². The van der Waals surface area contributed by atoms with Crippen molar-refractivity contribution >= 4 is 15.7 Å². The standard InChI is InChI=1S/C17H16F4N2O3S/c18-12-2-4-13(5-3-12)26-14-7-8-23(10-14)15-6-1-11(17(19,20)21)9-16(15)27(22,24)25/h1-6,9,14H,7-8,10H2,(H2,22,24,25)/t14-/m0/s1. The van der Waals surface area contributed by atoms with E-state index in [9.17, 15) is 26.0 Å². The lowest BCUT2D eigenvalue weighted by Gasteiger charge is -2.22. The molecular weight excluding hydrogens is 388 g/mol. The molecule has 0 aromatic heterocycles. The summed E-state index contributed by atoms with van der Waals surface area (Å²) >= 11 is 0. The molecule has 2 aromatic rings. The molecule has 5 nitrogen and oxygen atoms in total. The van der Waals surface area contributed by atoms with Gasteiger partial charge in [0, 0.05) is 13.0 Å². The monoisotopic (exact) mass is 404 g/mol. The van der Waals surface area contributed by atoms with E-state index in [1.54, 1.807) is 4.90 Å². The maximum Gasteiger partial charge on any atom is 0.416 e. The number of benzene rings is 2. The van der Waals surface area contributed by atoms with E-state index in [4.69, 9.17) is 9.88 Å². The highest BCUT2D eigenvalue weighted by atomic mass is 32.2. The van der Waals surface area contributed by atoms with Crippen LogP contribution >= 0.6 is 0 Å². The molecule has 0 radical (unpaired) electrons. The van der Waals surface area contributed by atoms with Crippen LogP contribution in [0.25, 0.3) is 0 Å². The van der Waals surface area contributed by atoms with Crippen molar-refractivity contribution in [1.29, 1.82) is 0 Å². The molecule has 2 N–H and O–H groups in total. The van der Waals surface area contributed by atoms with Crippen LogP contribution in [0.3, 0.4) is 0 Å². The molecule has 146 valence electrons. The summed E-state index contributed by atoms with van der Waals surface area (Å²) in [5.41, 5.74) is -0.996. The summed E-state index contributed by atoms with van der Waals surface area (Å²) in [6, 6.07) is 7.88. The average Bonchev–Trinajstić information content (AvgIpc) is 3.03.